The van der Waals surface area contributed by atoms with E-state index < -0.39 is 0 Å². The second kappa shape index (κ2) is 5.17. The third-order valence-corrected chi connectivity index (χ3v) is 3.42. The summed E-state index contributed by atoms with van der Waals surface area (Å²) >= 11 is 0. The highest BCUT2D eigenvalue weighted by Crippen LogP contribution is 2.25. The summed E-state index contributed by atoms with van der Waals surface area (Å²) in [5.41, 5.74) is 10.6. The average Bonchev–Trinajstić information content (AvgIpc) is 2.77. The number of benzene rings is 1. The zero-order chi connectivity index (χ0) is 14.0. The van der Waals surface area contributed by atoms with Gasteiger partial charge in [0.1, 0.15) is 5.82 Å². The molecule has 0 aliphatic heterocycles. The third kappa shape index (κ3) is 3.04. The summed E-state index contributed by atoms with van der Waals surface area (Å²) in [6, 6.07) is 6.50. The zero-order valence-electron chi connectivity index (χ0n) is 12.2. The second-order valence-electron chi connectivity index (χ2n) is 5.69. The molecule has 1 aromatic carbocycles. The second-order valence-corrected chi connectivity index (χ2v) is 5.69. The monoisotopic (exact) mass is 257 g/mol. The van der Waals surface area contributed by atoms with Gasteiger partial charge in [0.15, 0.2) is 0 Å². The standard InChI is InChI=1S/C16H23N3/c1-5-6-16(4,17)15-18-10-14(19-15)13-8-11(2)7-12(3)9-13/h7-10H,5-6,17H2,1-4H3,(H,18,19). The van der Waals surface area contributed by atoms with Gasteiger partial charge in [-0.1, -0.05) is 30.5 Å². The number of aryl methyl sites for hydroxylation is 2. The summed E-state index contributed by atoms with van der Waals surface area (Å²) < 4.78 is 0. The highest BCUT2D eigenvalue weighted by atomic mass is 15.0. The predicted molar refractivity (Wildman–Crippen MR) is 79.9 cm³/mol. The van der Waals surface area contributed by atoms with Crippen molar-refractivity contribution in [1.82, 2.24) is 9.97 Å². The smallest absolute Gasteiger partial charge is 0.126 e. The predicted octanol–water partition coefficient (Wildman–Crippen LogP) is 3.67. The Bertz CT molecular complexity index is 547. The number of aromatic amines is 1. The number of nitrogens with zero attached hydrogens (tertiary/aromatic N) is 1. The molecule has 2 aromatic rings. The maximum absolute atomic E-state index is 6.31. The molecule has 0 amide bonds. The van der Waals surface area contributed by atoms with Crippen molar-refractivity contribution in [2.45, 2.75) is 46.1 Å². The summed E-state index contributed by atoms with van der Waals surface area (Å²) in [5.74, 6) is 0.864. The number of nitrogens with two attached hydrogens (primary N) is 1. The molecule has 1 atom stereocenters. The highest BCUT2D eigenvalue weighted by molar-refractivity contribution is 5.60. The van der Waals surface area contributed by atoms with Crippen LogP contribution in [-0.4, -0.2) is 9.97 Å². The van der Waals surface area contributed by atoms with Crippen LogP contribution in [0.25, 0.3) is 11.3 Å². The molecule has 0 saturated heterocycles. The summed E-state index contributed by atoms with van der Waals surface area (Å²) in [4.78, 5) is 7.83. The normalized spacial score (nSPS) is 14.4. The molecule has 3 heteroatoms. The number of aromatic nitrogens is 2. The minimum absolute atomic E-state index is 0.383. The van der Waals surface area contributed by atoms with E-state index >= 15 is 0 Å². The topological polar surface area (TPSA) is 54.7 Å². The van der Waals surface area contributed by atoms with Gasteiger partial charge in [0.05, 0.1) is 17.4 Å². The van der Waals surface area contributed by atoms with E-state index in [-0.39, 0.29) is 5.54 Å². The number of H-pyrrole nitrogens is 1. The first kappa shape index (κ1) is 13.8. The highest BCUT2D eigenvalue weighted by Gasteiger charge is 2.23. The van der Waals surface area contributed by atoms with Crippen molar-refractivity contribution < 1.29 is 0 Å². The van der Waals surface area contributed by atoms with E-state index in [0.29, 0.717) is 0 Å². The molecule has 0 fully saturated rings. The van der Waals surface area contributed by atoms with E-state index in [4.69, 9.17) is 5.73 Å². The molecule has 0 radical (unpaired) electrons. The van der Waals surface area contributed by atoms with Crippen LogP contribution in [0.5, 0.6) is 0 Å². The summed E-state index contributed by atoms with van der Waals surface area (Å²) in [6.45, 7) is 8.38. The molecule has 1 aromatic heterocycles. The van der Waals surface area contributed by atoms with E-state index in [1.165, 1.54) is 16.7 Å². The van der Waals surface area contributed by atoms with Crippen molar-refractivity contribution in [2.75, 3.05) is 0 Å². The Hall–Kier alpha value is -1.61. The van der Waals surface area contributed by atoms with Crippen LogP contribution in [-0.2, 0) is 5.54 Å². The van der Waals surface area contributed by atoms with Crippen molar-refractivity contribution in [3.8, 4) is 11.3 Å². The fourth-order valence-corrected chi connectivity index (χ4v) is 2.53. The molecule has 0 aliphatic rings. The zero-order valence-corrected chi connectivity index (χ0v) is 12.2. The molecule has 0 spiro atoms. The number of nitrogens with one attached hydrogen (secondary N) is 1. The van der Waals surface area contributed by atoms with Crippen molar-refractivity contribution in [3.05, 3.63) is 41.3 Å². The van der Waals surface area contributed by atoms with Crippen LogP contribution in [0.4, 0.5) is 0 Å². The van der Waals surface area contributed by atoms with Gasteiger partial charge in [0.2, 0.25) is 0 Å². The van der Waals surface area contributed by atoms with Crippen LogP contribution in [0.2, 0.25) is 0 Å². The summed E-state index contributed by atoms with van der Waals surface area (Å²) in [7, 11) is 0. The van der Waals surface area contributed by atoms with E-state index in [9.17, 15) is 0 Å². The lowest BCUT2D eigenvalue weighted by atomic mass is 9.97. The first-order chi connectivity index (χ1) is 8.92. The third-order valence-electron chi connectivity index (χ3n) is 3.42. The number of hydrogen-bond acceptors (Lipinski definition) is 2. The Morgan fingerprint density at radius 2 is 1.84 bits per heavy atom. The largest absolute Gasteiger partial charge is 0.340 e. The molecule has 3 nitrogen and oxygen atoms in total. The lowest BCUT2D eigenvalue weighted by Crippen LogP contribution is -2.34. The molecule has 3 N–H and O–H groups in total. The Kier molecular flexibility index (Phi) is 3.76. The number of hydrogen-bond donors (Lipinski definition) is 2. The fraction of sp³-hybridized carbons (Fsp3) is 0.438. The van der Waals surface area contributed by atoms with Gasteiger partial charge in [-0.05, 0) is 39.3 Å². The number of imidazole rings is 1. The van der Waals surface area contributed by atoms with Gasteiger partial charge in [-0.2, -0.15) is 0 Å². The minimum Gasteiger partial charge on any atom is -0.340 e. The average molecular weight is 257 g/mol. The molecule has 102 valence electrons. The molecule has 19 heavy (non-hydrogen) atoms. The van der Waals surface area contributed by atoms with Crippen LogP contribution < -0.4 is 5.73 Å². The molecule has 1 heterocycles. The van der Waals surface area contributed by atoms with Crippen LogP contribution in [0, 0.1) is 13.8 Å². The quantitative estimate of drug-likeness (QED) is 0.878. The molecule has 2 rings (SSSR count). The maximum Gasteiger partial charge on any atom is 0.126 e. The lowest BCUT2D eigenvalue weighted by Gasteiger charge is -2.21. The van der Waals surface area contributed by atoms with Crippen molar-refractivity contribution in [3.63, 3.8) is 0 Å². The molecule has 1 unspecified atom stereocenters. The minimum atomic E-state index is -0.383. The fourth-order valence-electron chi connectivity index (χ4n) is 2.53. The van der Waals surface area contributed by atoms with Crippen molar-refractivity contribution in [2.24, 2.45) is 5.73 Å². The van der Waals surface area contributed by atoms with Crippen molar-refractivity contribution in [1.29, 1.82) is 0 Å². The van der Waals surface area contributed by atoms with E-state index in [1.54, 1.807) is 0 Å². The molecule has 0 aliphatic carbocycles. The first-order valence-electron chi connectivity index (χ1n) is 6.85. The molecular formula is C16H23N3. The van der Waals surface area contributed by atoms with Gasteiger partial charge in [0.25, 0.3) is 0 Å². The van der Waals surface area contributed by atoms with Gasteiger partial charge in [0, 0.05) is 5.56 Å². The Morgan fingerprint density at radius 1 is 1.21 bits per heavy atom. The molecule has 0 bridgehead atoms. The van der Waals surface area contributed by atoms with E-state index in [0.717, 1.165) is 24.4 Å². The Labute approximate surface area is 115 Å². The SMILES string of the molecule is CCCC(C)(N)c1ncc(-c2cc(C)cc(C)c2)[nH]1. The van der Waals surface area contributed by atoms with E-state index in [2.05, 4.69) is 48.9 Å². The van der Waals surface area contributed by atoms with Gasteiger partial charge >= 0.3 is 0 Å². The Balaban J connectivity index is 2.35. The lowest BCUT2D eigenvalue weighted by molar-refractivity contribution is 0.423. The summed E-state index contributed by atoms with van der Waals surface area (Å²) in [6.07, 6.45) is 3.85. The van der Waals surface area contributed by atoms with Crippen molar-refractivity contribution >= 4 is 0 Å². The molecular weight excluding hydrogens is 234 g/mol. The van der Waals surface area contributed by atoms with Crippen LogP contribution in [0.3, 0.4) is 0 Å². The van der Waals surface area contributed by atoms with E-state index in [1.807, 2.05) is 13.1 Å². The van der Waals surface area contributed by atoms with Gasteiger partial charge in [-0.15, -0.1) is 0 Å². The van der Waals surface area contributed by atoms with Crippen LogP contribution in [0.15, 0.2) is 24.4 Å². The maximum atomic E-state index is 6.31. The van der Waals surface area contributed by atoms with Crippen LogP contribution in [0.1, 0.15) is 43.6 Å². The first-order valence-corrected chi connectivity index (χ1v) is 6.85. The molecule has 0 saturated carbocycles. The Morgan fingerprint density at radius 3 is 2.42 bits per heavy atom. The van der Waals surface area contributed by atoms with Gasteiger partial charge < -0.3 is 10.7 Å². The summed E-state index contributed by atoms with van der Waals surface area (Å²) in [5, 5.41) is 0. The van der Waals surface area contributed by atoms with Gasteiger partial charge in [-0.25, -0.2) is 4.98 Å². The van der Waals surface area contributed by atoms with Crippen LogP contribution >= 0.6 is 0 Å². The number of rotatable bonds is 4. The van der Waals surface area contributed by atoms with Gasteiger partial charge in [-0.3, -0.25) is 0 Å².